The zero-order chi connectivity index (χ0) is 28.4. The molecule has 0 atom stereocenters. The molecule has 3 aliphatic rings. The third-order valence-electron chi connectivity index (χ3n) is 8.43. The van der Waals surface area contributed by atoms with Gasteiger partial charge in [0.05, 0.1) is 23.9 Å². The minimum atomic E-state index is -2.93. The highest BCUT2D eigenvalue weighted by Gasteiger charge is 2.55. The average molecular weight is 554 g/mol. The fourth-order valence-corrected chi connectivity index (χ4v) is 5.69. The van der Waals surface area contributed by atoms with Crippen molar-refractivity contribution in [3.8, 4) is 5.75 Å². The highest BCUT2D eigenvalue weighted by molar-refractivity contribution is 5.84. The lowest BCUT2D eigenvalue weighted by Crippen LogP contribution is -2.52. The average Bonchev–Trinajstić information content (AvgIpc) is 3.40. The molecule has 1 amide bonds. The van der Waals surface area contributed by atoms with Gasteiger partial charge in [0, 0.05) is 30.6 Å². The number of aromatic nitrogens is 4. The first-order chi connectivity index (χ1) is 19.1. The van der Waals surface area contributed by atoms with Gasteiger partial charge in [0.1, 0.15) is 18.1 Å². The Hall–Kier alpha value is -3.89. The summed E-state index contributed by atoms with van der Waals surface area (Å²) >= 11 is 0. The zero-order valence-corrected chi connectivity index (χ0v) is 22.4. The normalized spacial score (nSPS) is 22.2. The van der Waals surface area contributed by atoms with E-state index in [1.807, 2.05) is 24.3 Å². The van der Waals surface area contributed by atoms with Gasteiger partial charge in [0.2, 0.25) is 5.91 Å². The third-order valence-corrected chi connectivity index (χ3v) is 8.43. The molecule has 2 heterocycles. The fourth-order valence-electron chi connectivity index (χ4n) is 5.69. The van der Waals surface area contributed by atoms with E-state index in [1.165, 1.54) is 12.3 Å². The number of halogens is 2. The minimum Gasteiger partial charge on any atom is -0.487 e. The van der Waals surface area contributed by atoms with Crippen molar-refractivity contribution in [2.45, 2.75) is 70.9 Å². The molecular weight excluding hydrogens is 520 g/mol. The van der Waals surface area contributed by atoms with Crippen molar-refractivity contribution in [1.82, 2.24) is 25.3 Å². The molecule has 2 bridgehead atoms. The first-order valence-corrected chi connectivity index (χ1v) is 13.5. The number of nitrogens with one attached hydrogen (secondary N) is 1. The lowest BCUT2D eigenvalue weighted by Gasteiger charge is -2.50. The topological polar surface area (TPSA) is 119 Å². The van der Waals surface area contributed by atoms with Crippen LogP contribution in [0, 0.1) is 10.8 Å². The lowest BCUT2D eigenvalue weighted by molar-refractivity contribution is -0.163. The molecule has 212 valence electrons. The number of fused-ring (bicyclic) bond motifs is 3. The van der Waals surface area contributed by atoms with Crippen LogP contribution in [0.5, 0.6) is 5.75 Å². The second kappa shape index (κ2) is 10.9. The molecular formula is C29H33F2N5O4. The summed E-state index contributed by atoms with van der Waals surface area (Å²) in [5.41, 5.74) is 1.11. The Morgan fingerprint density at radius 2 is 1.70 bits per heavy atom. The van der Waals surface area contributed by atoms with Crippen LogP contribution < -0.4 is 10.1 Å². The van der Waals surface area contributed by atoms with E-state index in [0.29, 0.717) is 75.2 Å². The van der Waals surface area contributed by atoms with Crippen LogP contribution >= 0.6 is 0 Å². The van der Waals surface area contributed by atoms with Gasteiger partial charge >= 0.3 is 5.97 Å². The first kappa shape index (κ1) is 27.7. The molecule has 3 fully saturated rings. The molecule has 2 N–H and O–H groups in total. The van der Waals surface area contributed by atoms with E-state index in [9.17, 15) is 23.5 Å². The summed E-state index contributed by atoms with van der Waals surface area (Å²) in [5.74, 6) is -2.92. The number of ether oxygens (including phenoxy) is 1. The number of hydrogen-bond donors (Lipinski definition) is 2. The molecule has 40 heavy (non-hydrogen) atoms. The standard InChI is InChI=1S/C29H33F2N5O4/c1-27(30,31)21-4-5-22(33-16-21)17-36-18-23(34-35-36)19-40-24-6-2-20(3-7-24)8-15-32-25(37)28-9-12-29(13-10-28,14-11-28)26(38)39/h2-7,16,18H,8-15,17,19H2,1H3,(H,32,37)(H,38,39). The molecule has 0 saturated heterocycles. The molecule has 0 aliphatic heterocycles. The summed E-state index contributed by atoms with van der Waals surface area (Å²) in [5, 5.41) is 20.8. The Kier molecular flexibility index (Phi) is 7.57. The summed E-state index contributed by atoms with van der Waals surface area (Å²) in [6.45, 7) is 1.88. The number of aliphatic carboxylic acids is 1. The number of rotatable bonds is 11. The van der Waals surface area contributed by atoms with E-state index >= 15 is 0 Å². The Morgan fingerprint density at radius 1 is 1.02 bits per heavy atom. The summed E-state index contributed by atoms with van der Waals surface area (Å²) in [6.07, 6.45) is 7.27. The van der Waals surface area contributed by atoms with E-state index in [2.05, 4.69) is 20.6 Å². The minimum absolute atomic E-state index is 0.0505. The van der Waals surface area contributed by atoms with Crippen molar-refractivity contribution < 1.29 is 28.2 Å². The van der Waals surface area contributed by atoms with Gasteiger partial charge < -0.3 is 15.2 Å². The number of hydrogen-bond acceptors (Lipinski definition) is 6. The van der Waals surface area contributed by atoms with Crippen molar-refractivity contribution in [1.29, 1.82) is 0 Å². The van der Waals surface area contributed by atoms with Gasteiger partial charge in [-0.05, 0) is 74.8 Å². The van der Waals surface area contributed by atoms with Crippen LogP contribution in [0.2, 0.25) is 0 Å². The maximum atomic E-state index is 13.4. The largest absolute Gasteiger partial charge is 0.487 e. The van der Waals surface area contributed by atoms with E-state index < -0.39 is 22.7 Å². The quantitative estimate of drug-likeness (QED) is 0.359. The third kappa shape index (κ3) is 5.97. The second-order valence-corrected chi connectivity index (χ2v) is 11.1. The Morgan fingerprint density at radius 3 is 2.30 bits per heavy atom. The van der Waals surface area contributed by atoms with Crippen LogP contribution in [0.25, 0.3) is 0 Å². The van der Waals surface area contributed by atoms with Gasteiger partial charge in [-0.15, -0.1) is 5.10 Å². The molecule has 11 heteroatoms. The van der Waals surface area contributed by atoms with Gasteiger partial charge in [-0.25, -0.2) is 13.5 Å². The lowest BCUT2D eigenvalue weighted by atomic mass is 9.53. The second-order valence-electron chi connectivity index (χ2n) is 11.1. The number of carboxylic acids is 1. The van der Waals surface area contributed by atoms with Crippen LogP contribution in [0.4, 0.5) is 8.78 Å². The van der Waals surface area contributed by atoms with Gasteiger partial charge in [-0.3, -0.25) is 14.6 Å². The number of pyridine rings is 1. The number of carbonyl (C=O) groups is 2. The van der Waals surface area contributed by atoms with Crippen molar-refractivity contribution in [2.75, 3.05) is 6.54 Å². The van der Waals surface area contributed by atoms with Gasteiger partial charge in [0.15, 0.2) is 0 Å². The number of amides is 1. The van der Waals surface area contributed by atoms with E-state index in [-0.39, 0.29) is 18.1 Å². The summed E-state index contributed by atoms with van der Waals surface area (Å²) in [4.78, 5) is 28.7. The molecule has 3 aromatic rings. The van der Waals surface area contributed by atoms with Gasteiger partial charge in [-0.2, -0.15) is 0 Å². The summed E-state index contributed by atoms with van der Waals surface area (Å²) in [7, 11) is 0. The SMILES string of the molecule is CC(F)(F)c1ccc(Cn2cc(COc3ccc(CCNC(=O)C45CCC(C(=O)O)(CC4)CC5)cc3)nn2)nc1. The molecule has 0 radical (unpaired) electrons. The maximum Gasteiger partial charge on any atom is 0.309 e. The van der Waals surface area contributed by atoms with E-state index in [4.69, 9.17) is 4.74 Å². The van der Waals surface area contributed by atoms with Crippen molar-refractivity contribution in [3.63, 3.8) is 0 Å². The monoisotopic (exact) mass is 553 g/mol. The highest BCUT2D eigenvalue weighted by atomic mass is 19.3. The molecule has 2 aromatic heterocycles. The first-order valence-electron chi connectivity index (χ1n) is 13.5. The fraction of sp³-hybridized carbons (Fsp3) is 0.483. The van der Waals surface area contributed by atoms with Crippen LogP contribution in [0.15, 0.2) is 48.8 Å². The number of carbonyl (C=O) groups excluding carboxylic acids is 1. The molecule has 1 aromatic carbocycles. The predicted molar refractivity (Wildman–Crippen MR) is 141 cm³/mol. The van der Waals surface area contributed by atoms with Gasteiger partial charge in [0.25, 0.3) is 5.92 Å². The molecule has 0 unspecified atom stereocenters. The van der Waals surface area contributed by atoms with Crippen LogP contribution in [-0.2, 0) is 35.1 Å². The Labute approximate surface area is 230 Å². The molecule has 6 rings (SSSR count). The van der Waals surface area contributed by atoms with Crippen LogP contribution in [-0.4, -0.2) is 43.5 Å². The molecule has 3 saturated carbocycles. The number of nitrogens with zero attached hydrogens (tertiary/aromatic N) is 4. The molecule has 0 spiro atoms. The highest BCUT2D eigenvalue weighted by Crippen LogP contribution is 2.57. The Bertz CT molecular complexity index is 1330. The Balaban J connectivity index is 1.05. The van der Waals surface area contributed by atoms with Gasteiger partial charge in [-0.1, -0.05) is 17.3 Å². The summed E-state index contributed by atoms with van der Waals surface area (Å²) in [6, 6.07) is 10.5. The maximum absolute atomic E-state index is 13.4. The van der Waals surface area contributed by atoms with E-state index in [0.717, 1.165) is 12.5 Å². The van der Waals surface area contributed by atoms with Crippen molar-refractivity contribution in [3.05, 3.63) is 71.3 Å². The molecule has 3 aliphatic carbocycles. The number of benzene rings is 1. The summed E-state index contributed by atoms with van der Waals surface area (Å²) < 4.78 is 34.1. The van der Waals surface area contributed by atoms with Crippen LogP contribution in [0.1, 0.15) is 68.0 Å². The molecule has 9 nitrogen and oxygen atoms in total. The number of alkyl halides is 2. The predicted octanol–water partition coefficient (Wildman–Crippen LogP) is 4.50. The zero-order valence-electron chi connectivity index (χ0n) is 22.4. The van der Waals surface area contributed by atoms with Crippen LogP contribution in [0.3, 0.4) is 0 Å². The van der Waals surface area contributed by atoms with Crippen molar-refractivity contribution >= 4 is 11.9 Å². The smallest absolute Gasteiger partial charge is 0.309 e. The van der Waals surface area contributed by atoms with Crippen molar-refractivity contribution in [2.24, 2.45) is 10.8 Å². The number of carboxylic acid groups (broad SMARTS) is 1. The van der Waals surface area contributed by atoms with E-state index in [1.54, 1.807) is 16.9 Å².